The minimum Gasteiger partial charge on any atom is -0.480 e. The van der Waals surface area contributed by atoms with Crippen LogP contribution in [0.4, 0.5) is 4.79 Å². The van der Waals surface area contributed by atoms with Crippen LogP contribution < -0.4 is 10.6 Å². The molecule has 2 aliphatic rings. The summed E-state index contributed by atoms with van der Waals surface area (Å²) in [5, 5.41) is 15.0. The lowest BCUT2D eigenvalue weighted by atomic mass is 9.89. The number of carbonyl (C=O) groups is 3. The van der Waals surface area contributed by atoms with Gasteiger partial charge in [-0.15, -0.1) is 0 Å². The molecule has 0 radical (unpaired) electrons. The predicted octanol–water partition coefficient (Wildman–Crippen LogP) is 3.44. The Morgan fingerprint density at radius 2 is 1.65 bits per heavy atom. The van der Waals surface area contributed by atoms with Crippen LogP contribution in [0.3, 0.4) is 0 Å². The molecule has 0 aromatic heterocycles. The topological polar surface area (TPSA) is 114 Å². The molecule has 2 aromatic rings. The molecule has 34 heavy (non-hydrogen) atoms. The second kappa shape index (κ2) is 10.3. The largest absolute Gasteiger partial charge is 0.480 e. The lowest BCUT2D eigenvalue weighted by Gasteiger charge is -2.35. The highest BCUT2D eigenvalue weighted by atomic mass is 16.5. The first-order chi connectivity index (χ1) is 16.4. The van der Waals surface area contributed by atoms with E-state index in [1.165, 1.54) is 0 Å². The van der Waals surface area contributed by atoms with Crippen LogP contribution in [-0.2, 0) is 19.1 Å². The van der Waals surface area contributed by atoms with Gasteiger partial charge in [0.1, 0.15) is 18.2 Å². The summed E-state index contributed by atoms with van der Waals surface area (Å²) in [4.78, 5) is 37.5. The summed E-state index contributed by atoms with van der Waals surface area (Å²) in [6, 6.07) is 15.2. The van der Waals surface area contributed by atoms with Gasteiger partial charge in [0.2, 0.25) is 5.91 Å². The van der Waals surface area contributed by atoms with E-state index in [1.807, 2.05) is 43.3 Å². The molecular formula is C26H30N2O6. The van der Waals surface area contributed by atoms with E-state index >= 15 is 0 Å². The van der Waals surface area contributed by atoms with Crippen molar-refractivity contribution in [2.45, 2.75) is 50.1 Å². The van der Waals surface area contributed by atoms with Crippen molar-refractivity contribution in [1.82, 2.24) is 10.6 Å². The molecule has 4 rings (SSSR count). The number of carbonyl (C=O) groups excluding carboxylic acids is 2. The highest BCUT2D eigenvalue weighted by Gasteiger charge is 2.43. The van der Waals surface area contributed by atoms with E-state index in [1.54, 1.807) is 0 Å². The molecule has 1 aliphatic heterocycles. The smallest absolute Gasteiger partial charge is 0.407 e. The number of benzene rings is 2. The number of aliphatic carboxylic acids is 1. The fourth-order valence-electron chi connectivity index (χ4n) is 4.77. The van der Waals surface area contributed by atoms with Crippen LogP contribution in [0.5, 0.6) is 0 Å². The second-order valence-electron chi connectivity index (χ2n) is 8.80. The van der Waals surface area contributed by atoms with Crippen LogP contribution in [0.25, 0.3) is 11.1 Å². The van der Waals surface area contributed by atoms with Gasteiger partial charge in [0.25, 0.3) is 0 Å². The Morgan fingerprint density at radius 1 is 1.06 bits per heavy atom. The summed E-state index contributed by atoms with van der Waals surface area (Å²) >= 11 is 0. The Hall–Kier alpha value is -3.39. The summed E-state index contributed by atoms with van der Waals surface area (Å²) in [6.07, 6.45) is 0.648. The number of rotatable bonds is 8. The highest BCUT2D eigenvalue weighted by Crippen LogP contribution is 2.44. The van der Waals surface area contributed by atoms with Gasteiger partial charge in [-0.05, 0) is 28.7 Å². The number of fused-ring (bicyclic) bond motifs is 3. The molecule has 2 amide bonds. The summed E-state index contributed by atoms with van der Waals surface area (Å²) in [6.45, 7) is 2.54. The highest BCUT2D eigenvalue weighted by molar-refractivity contribution is 5.91. The van der Waals surface area contributed by atoms with Crippen LogP contribution in [0.15, 0.2) is 48.5 Å². The van der Waals surface area contributed by atoms with E-state index in [0.29, 0.717) is 12.8 Å². The maximum absolute atomic E-state index is 12.9. The van der Waals surface area contributed by atoms with Gasteiger partial charge in [-0.3, -0.25) is 4.79 Å². The Kier molecular flexibility index (Phi) is 7.17. The molecule has 8 heteroatoms. The zero-order valence-electron chi connectivity index (χ0n) is 19.2. The van der Waals surface area contributed by atoms with Gasteiger partial charge >= 0.3 is 12.1 Å². The molecule has 0 unspecified atom stereocenters. The lowest BCUT2D eigenvalue weighted by Crippen LogP contribution is -2.61. The molecule has 0 saturated carbocycles. The zero-order valence-corrected chi connectivity index (χ0v) is 19.2. The van der Waals surface area contributed by atoms with Gasteiger partial charge < -0.3 is 25.2 Å². The second-order valence-corrected chi connectivity index (χ2v) is 8.80. The van der Waals surface area contributed by atoms with Crippen LogP contribution in [0, 0.1) is 0 Å². The van der Waals surface area contributed by atoms with Crippen LogP contribution >= 0.6 is 0 Å². The maximum Gasteiger partial charge on any atom is 0.407 e. The van der Waals surface area contributed by atoms with E-state index in [0.717, 1.165) is 22.3 Å². The number of hydrogen-bond acceptors (Lipinski definition) is 5. The molecule has 3 N–H and O–H groups in total. The number of carboxylic acids is 1. The zero-order chi connectivity index (χ0) is 24.1. The third-order valence-corrected chi connectivity index (χ3v) is 6.65. The maximum atomic E-state index is 12.9. The van der Waals surface area contributed by atoms with E-state index in [2.05, 4.69) is 22.8 Å². The standard InChI is InChI=1S/C26H30N2O6/c1-2-7-22(23(29)28-26(24(30)31)12-14-33-15-13-26)27-25(32)34-16-21-19-10-5-3-8-17(19)18-9-4-6-11-20(18)21/h3-6,8-11,21-22H,2,7,12-16H2,1H3,(H,27,32)(H,28,29)(H,30,31)/t22-/m1/s1. The summed E-state index contributed by atoms with van der Waals surface area (Å²) < 4.78 is 10.8. The van der Waals surface area contributed by atoms with E-state index in [-0.39, 0.29) is 38.6 Å². The first-order valence-corrected chi connectivity index (χ1v) is 11.7. The van der Waals surface area contributed by atoms with Crippen molar-refractivity contribution in [2.24, 2.45) is 0 Å². The number of amides is 2. The SMILES string of the molecule is CCC[C@@H](NC(=O)OCC1c2ccccc2-c2ccccc21)C(=O)NC1(C(=O)O)CCOCC1. The number of alkyl carbamates (subject to hydrolysis) is 1. The molecule has 1 fully saturated rings. The number of nitrogens with one attached hydrogen (secondary N) is 2. The first-order valence-electron chi connectivity index (χ1n) is 11.7. The summed E-state index contributed by atoms with van der Waals surface area (Å²) in [7, 11) is 0. The van der Waals surface area contributed by atoms with Crippen molar-refractivity contribution in [1.29, 1.82) is 0 Å². The number of carboxylic acid groups (broad SMARTS) is 1. The van der Waals surface area contributed by atoms with Gasteiger partial charge in [0.05, 0.1) is 0 Å². The van der Waals surface area contributed by atoms with Crippen molar-refractivity contribution in [3.05, 3.63) is 59.7 Å². The molecule has 0 spiro atoms. The average molecular weight is 467 g/mol. The minimum absolute atomic E-state index is 0.0888. The van der Waals surface area contributed by atoms with Crippen LogP contribution in [0.1, 0.15) is 49.7 Å². The first kappa shape index (κ1) is 23.8. The molecule has 0 bridgehead atoms. The molecule has 2 aromatic carbocycles. The number of ether oxygens (including phenoxy) is 2. The Balaban J connectivity index is 1.41. The quantitative estimate of drug-likeness (QED) is 0.549. The fourth-order valence-corrected chi connectivity index (χ4v) is 4.77. The molecule has 1 atom stereocenters. The number of hydrogen-bond donors (Lipinski definition) is 3. The molecular weight excluding hydrogens is 436 g/mol. The van der Waals surface area contributed by atoms with Gasteiger partial charge in [0, 0.05) is 32.0 Å². The Bertz CT molecular complexity index is 1020. The average Bonchev–Trinajstić information content (AvgIpc) is 3.16. The molecule has 1 aliphatic carbocycles. The monoisotopic (exact) mass is 466 g/mol. The van der Waals surface area contributed by atoms with Crippen molar-refractivity contribution < 1.29 is 29.0 Å². The Labute approximate surface area is 198 Å². The van der Waals surface area contributed by atoms with E-state index < -0.39 is 29.6 Å². The van der Waals surface area contributed by atoms with Crippen molar-refractivity contribution in [3.63, 3.8) is 0 Å². The lowest BCUT2D eigenvalue weighted by molar-refractivity contribution is -0.152. The van der Waals surface area contributed by atoms with E-state index in [9.17, 15) is 19.5 Å². The third-order valence-electron chi connectivity index (χ3n) is 6.65. The van der Waals surface area contributed by atoms with E-state index in [4.69, 9.17) is 9.47 Å². The fraction of sp³-hybridized carbons (Fsp3) is 0.423. The molecule has 1 saturated heterocycles. The molecule has 8 nitrogen and oxygen atoms in total. The summed E-state index contributed by atoms with van der Waals surface area (Å²) in [5.74, 6) is -1.71. The normalized spacial score (nSPS) is 17.2. The Morgan fingerprint density at radius 3 is 2.21 bits per heavy atom. The minimum atomic E-state index is -1.38. The van der Waals surface area contributed by atoms with Crippen molar-refractivity contribution >= 4 is 18.0 Å². The predicted molar refractivity (Wildman–Crippen MR) is 125 cm³/mol. The van der Waals surface area contributed by atoms with Crippen LogP contribution in [0.2, 0.25) is 0 Å². The van der Waals surface area contributed by atoms with Crippen molar-refractivity contribution in [3.8, 4) is 11.1 Å². The van der Waals surface area contributed by atoms with Crippen molar-refractivity contribution in [2.75, 3.05) is 19.8 Å². The molecule has 180 valence electrons. The van der Waals surface area contributed by atoms with Gasteiger partial charge in [-0.1, -0.05) is 61.9 Å². The molecule has 1 heterocycles. The van der Waals surface area contributed by atoms with Gasteiger partial charge in [-0.25, -0.2) is 9.59 Å². The summed E-state index contributed by atoms with van der Waals surface area (Å²) in [5.41, 5.74) is 3.07. The van der Waals surface area contributed by atoms with Gasteiger partial charge in [0.15, 0.2) is 0 Å². The van der Waals surface area contributed by atoms with Gasteiger partial charge in [-0.2, -0.15) is 0 Å². The van der Waals surface area contributed by atoms with Crippen LogP contribution in [-0.4, -0.2) is 54.5 Å². The third kappa shape index (κ3) is 4.77.